The number of amides is 3. The first-order chi connectivity index (χ1) is 15.1. The zero-order valence-electron chi connectivity index (χ0n) is 18.7. The van der Waals surface area contributed by atoms with Gasteiger partial charge in [0.1, 0.15) is 0 Å². The van der Waals surface area contributed by atoms with Crippen LogP contribution in [-0.2, 0) is 16.1 Å². The smallest absolute Gasteiger partial charge is 0.321 e. The summed E-state index contributed by atoms with van der Waals surface area (Å²) in [6.07, 6.45) is 6.00. The fraction of sp³-hybridized carbons (Fsp3) is 0.667. The number of carbonyl (C=O) groups excluding carboxylic acids is 2. The molecule has 1 aromatic carbocycles. The zero-order valence-corrected chi connectivity index (χ0v) is 18.7. The number of urea groups is 1. The Labute approximate surface area is 185 Å². The highest BCUT2D eigenvalue weighted by Crippen LogP contribution is 2.29. The maximum absolute atomic E-state index is 12.7. The van der Waals surface area contributed by atoms with E-state index in [1.807, 2.05) is 34.1 Å². The van der Waals surface area contributed by atoms with Crippen molar-refractivity contribution >= 4 is 17.6 Å². The third-order valence-electron chi connectivity index (χ3n) is 6.64. The standard InChI is InChI=1S/C24H36N4O3/c1-19-5-2-3-10-28(19)23(29)16-26-11-13-27(14-12-26)24(30)25-22-7-4-6-21(15-22)18-31-17-20-8-9-20/h4,6-7,15,19-20H,2-3,5,8-14,16-18H2,1H3,(H,25,30). The van der Waals surface area contributed by atoms with Gasteiger partial charge in [0, 0.05) is 51.1 Å². The van der Waals surface area contributed by atoms with E-state index in [1.54, 1.807) is 0 Å². The molecule has 2 aliphatic heterocycles. The number of benzene rings is 1. The van der Waals surface area contributed by atoms with E-state index in [4.69, 9.17) is 4.74 Å². The molecular formula is C24H36N4O3. The lowest BCUT2D eigenvalue weighted by atomic mass is 10.0. The van der Waals surface area contributed by atoms with Crippen molar-refractivity contribution in [2.24, 2.45) is 5.92 Å². The van der Waals surface area contributed by atoms with Crippen molar-refractivity contribution in [1.29, 1.82) is 0 Å². The number of rotatable bonds is 7. The van der Waals surface area contributed by atoms with Crippen molar-refractivity contribution in [3.05, 3.63) is 29.8 Å². The average molecular weight is 429 g/mol. The topological polar surface area (TPSA) is 65.1 Å². The van der Waals surface area contributed by atoms with Gasteiger partial charge in [-0.25, -0.2) is 4.79 Å². The van der Waals surface area contributed by atoms with Crippen molar-refractivity contribution in [3.8, 4) is 0 Å². The number of piperidine rings is 1. The summed E-state index contributed by atoms with van der Waals surface area (Å²) in [5.41, 5.74) is 1.88. The molecule has 3 fully saturated rings. The van der Waals surface area contributed by atoms with Crippen LogP contribution in [0, 0.1) is 5.92 Å². The molecular weight excluding hydrogens is 392 g/mol. The van der Waals surface area contributed by atoms with Crippen LogP contribution in [0.1, 0.15) is 44.6 Å². The molecule has 31 heavy (non-hydrogen) atoms. The van der Waals surface area contributed by atoms with Crippen LogP contribution in [-0.4, -0.2) is 78.6 Å². The molecule has 4 rings (SSSR count). The molecule has 1 N–H and O–H groups in total. The number of piperazine rings is 1. The number of carbonyl (C=O) groups is 2. The normalized spacial score (nSPS) is 22.4. The summed E-state index contributed by atoms with van der Waals surface area (Å²) in [6, 6.07) is 8.16. The quantitative estimate of drug-likeness (QED) is 0.725. The summed E-state index contributed by atoms with van der Waals surface area (Å²) in [4.78, 5) is 31.4. The van der Waals surface area contributed by atoms with Gasteiger partial charge >= 0.3 is 6.03 Å². The molecule has 3 aliphatic rings. The molecule has 0 aromatic heterocycles. The van der Waals surface area contributed by atoms with Crippen LogP contribution in [0.2, 0.25) is 0 Å². The SMILES string of the molecule is CC1CCCCN1C(=O)CN1CCN(C(=O)Nc2cccc(COCC3CC3)c2)CC1. The lowest BCUT2D eigenvalue weighted by Gasteiger charge is -2.38. The van der Waals surface area contributed by atoms with Gasteiger partial charge < -0.3 is 19.9 Å². The number of likely N-dealkylation sites (tertiary alicyclic amines) is 1. The molecule has 1 atom stereocenters. The summed E-state index contributed by atoms with van der Waals surface area (Å²) in [7, 11) is 0. The van der Waals surface area contributed by atoms with Crippen LogP contribution in [0.15, 0.2) is 24.3 Å². The van der Waals surface area contributed by atoms with Crippen LogP contribution >= 0.6 is 0 Å². The summed E-state index contributed by atoms with van der Waals surface area (Å²) in [5.74, 6) is 0.978. The van der Waals surface area contributed by atoms with Crippen molar-refractivity contribution in [1.82, 2.24) is 14.7 Å². The minimum Gasteiger partial charge on any atom is -0.376 e. The molecule has 0 bridgehead atoms. The van der Waals surface area contributed by atoms with Gasteiger partial charge in [-0.15, -0.1) is 0 Å². The lowest BCUT2D eigenvalue weighted by Crippen LogP contribution is -2.53. The summed E-state index contributed by atoms with van der Waals surface area (Å²) in [5, 5.41) is 3.01. The number of hydrogen-bond donors (Lipinski definition) is 1. The molecule has 7 nitrogen and oxygen atoms in total. The Morgan fingerprint density at radius 1 is 1.06 bits per heavy atom. The van der Waals surface area contributed by atoms with Gasteiger partial charge in [-0.05, 0) is 62.6 Å². The molecule has 1 aliphatic carbocycles. The predicted molar refractivity (Wildman–Crippen MR) is 121 cm³/mol. The first-order valence-electron chi connectivity index (χ1n) is 11.8. The molecule has 1 unspecified atom stereocenters. The van der Waals surface area contributed by atoms with Gasteiger partial charge in [0.15, 0.2) is 0 Å². The molecule has 2 saturated heterocycles. The molecule has 7 heteroatoms. The summed E-state index contributed by atoms with van der Waals surface area (Å²) < 4.78 is 5.75. The monoisotopic (exact) mass is 428 g/mol. The van der Waals surface area contributed by atoms with Crippen molar-refractivity contribution in [2.75, 3.05) is 51.2 Å². The van der Waals surface area contributed by atoms with Gasteiger partial charge in [-0.1, -0.05) is 12.1 Å². The van der Waals surface area contributed by atoms with E-state index in [1.165, 1.54) is 19.3 Å². The second-order valence-electron chi connectivity index (χ2n) is 9.28. The zero-order chi connectivity index (χ0) is 21.6. The Morgan fingerprint density at radius 3 is 2.61 bits per heavy atom. The van der Waals surface area contributed by atoms with E-state index in [2.05, 4.69) is 17.1 Å². The molecule has 170 valence electrons. The number of nitrogens with one attached hydrogen (secondary N) is 1. The predicted octanol–water partition coefficient (Wildman–Crippen LogP) is 3.16. The molecule has 0 radical (unpaired) electrons. The molecule has 2 heterocycles. The number of nitrogens with zero attached hydrogens (tertiary/aromatic N) is 3. The van der Waals surface area contributed by atoms with E-state index in [0.717, 1.165) is 56.3 Å². The van der Waals surface area contributed by atoms with Gasteiger partial charge in [0.2, 0.25) is 5.91 Å². The van der Waals surface area contributed by atoms with E-state index < -0.39 is 0 Å². The maximum atomic E-state index is 12.7. The van der Waals surface area contributed by atoms with E-state index in [0.29, 0.717) is 32.3 Å². The minimum atomic E-state index is -0.0771. The highest BCUT2D eigenvalue weighted by Gasteiger charge is 2.27. The van der Waals surface area contributed by atoms with Gasteiger partial charge in [-0.3, -0.25) is 9.69 Å². The van der Waals surface area contributed by atoms with Crippen molar-refractivity contribution in [2.45, 2.75) is 51.7 Å². The highest BCUT2D eigenvalue weighted by molar-refractivity contribution is 5.89. The van der Waals surface area contributed by atoms with E-state index in [-0.39, 0.29) is 11.9 Å². The first kappa shape index (κ1) is 22.1. The minimum absolute atomic E-state index is 0.0771. The lowest BCUT2D eigenvalue weighted by molar-refractivity contribution is -0.136. The van der Waals surface area contributed by atoms with Crippen LogP contribution in [0.25, 0.3) is 0 Å². The van der Waals surface area contributed by atoms with E-state index >= 15 is 0 Å². The molecule has 1 aromatic rings. The highest BCUT2D eigenvalue weighted by atomic mass is 16.5. The van der Waals surface area contributed by atoms with E-state index in [9.17, 15) is 9.59 Å². The second-order valence-corrected chi connectivity index (χ2v) is 9.28. The maximum Gasteiger partial charge on any atom is 0.321 e. The van der Waals surface area contributed by atoms with Crippen molar-refractivity contribution in [3.63, 3.8) is 0 Å². The Morgan fingerprint density at radius 2 is 1.87 bits per heavy atom. The third-order valence-corrected chi connectivity index (χ3v) is 6.64. The van der Waals surface area contributed by atoms with Gasteiger partial charge in [0.05, 0.1) is 13.2 Å². The van der Waals surface area contributed by atoms with Crippen LogP contribution < -0.4 is 5.32 Å². The Kier molecular flexibility index (Phi) is 7.45. The van der Waals surface area contributed by atoms with Crippen molar-refractivity contribution < 1.29 is 14.3 Å². The Bertz CT molecular complexity index is 759. The molecule has 1 saturated carbocycles. The largest absolute Gasteiger partial charge is 0.376 e. The van der Waals surface area contributed by atoms with Gasteiger partial charge in [0.25, 0.3) is 0 Å². The third kappa shape index (κ3) is 6.43. The van der Waals surface area contributed by atoms with Crippen LogP contribution in [0.4, 0.5) is 10.5 Å². The number of hydrogen-bond acceptors (Lipinski definition) is 4. The van der Waals surface area contributed by atoms with Crippen LogP contribution in [0.3, 0.4) is 0 Å². The Hall–Kier alpha value is -2.12. The van der Waals surface area contributed by atoms with Crippen LogP contribution in [0.5, 0.6) is 0 Å². The average Bonchev–Trinajstić information content (AvgIpc) is 3.59. The summed E-state index contributed by atoms with van der Waals surface area (Å²) in [6.45, 7) is 7.65. The fourth-order valence-corrected chi connectivity index (χ4v) is 4.43. The Balaban J connectivity index is 1.19. The molecule has 3 amide bonds. The fourth-order valence-electron chi connectivity index (χ4n) is 4.43. The number of ether oxygens (including phenoxy) is 1. The summed E-state index contributed by atoms with van der Waals surface area (Å²) >= 11 is 0. The van der Waals surface area contributed by atoms with Gasteiger partial charge in [-0.2, -0.15) is 0 Å². The number of anilines is 1. The molecule has 0 spiro atoms. The first-order valence-corrected chi connectivity index (χ1v) is 11.8. The second kappa shape index (κ2) is 10.5.